The monoisotopic (exact) mass is 290 g/mol. The van der Waals surface area contributed by atoms with Crippen LogP contribution in [0, 0.1) is 22.7 Å². The van der Waals surface area contributed by atoms with Gasteiger partial charge in [-0.3, -0.25) is 4.79 Å². The predicted molar refractivity (Wildman–Crippen MR) is 90.2 cm³/mol. The second kappa shape index (κ2) is 6.26. The molecule has 2 rings (SSSR count). The van der Waals surface area contributed by atoms with E-state index in [9.17, 15) is 4.79 Å². The third kappa shape index (κ3) is 3.60. The van der Waals surface area contributed by atoms with Gasteiger partial charge in [-0.1, -0.05) is 39.3 Å². The second-order valence-electron chi connectivity index (χ2n) is 8.79. The van der Waals surface area contributed by atoms with E-state index < -0.39 is 0 Å². The lowest BCUT2D eigenvalue weighted by atomic mass is 9.63. The number of allylic oxidation sites excluding steroid dienone is 2. The molecule has 2 fully saturated rings. The topological polar surface area (TPSA) is 17.1 Å². The molecular weight excluding hydrogens is 256 g/mol. The zero-order valence-corrected chi connectivity index (χ0v) is 14.8. The molecule has 120 valence electrons. The van der Waals surface area contributed by atoms with E-state index in [-0.39, 0.29) is 5.41 Å². The first-order chi connectivity index (χ1) is 9.78. The maximum Gasteiger partial charge on any atom is 0.136 e. The molecule has 0 aromatic heterocycles. The molecule has 0 heterocycles. The quantitative estimate of drug-likeness (QED) is 0.586. The average molecular weight is 290 g/mol. The molecule has 2 saturated carbocycles. The van der Waals surface area contributed by atoms with Crippen LogP contribution in [-0.2, 0) is 4.79 Å². The van der Waals surface area contributed by atoms with Gasteiger partial charge in [0.25, 0.3) is 0 Å². The molecule has 2 aliphatic carbocycles. The van der Waals surface area contributed by atoms with Crippen molar-refractivity contribution in [1.82, 2.24) is 0 Å². The van der Waals surface area contributed by atoms with Crippen LogP contribution >= 0.6 is 0 Å². The minimum atomic E-state index is 0.263. The molecule has 0 aliphatic heterocycles. The number of rotatable bonds is 4. The Hall–Kier alpha value is -0.590. The van der Waals surface area contributed by atoms with Crippen LogP contribution in [0.25, 0.3) is 0 Å². The zero-order valence-electron chi connectivity index (χ0n) is 14.8. The Kier molecular flexibility index (Phi) is 5.00. The van der Waals surface area contributed by atoms with Crippen molar-refractivity contribution in [3.8, 4) is 0 Å². The van der Waals surface area contributed by atoms with Crippen LogP contribution in [0.3, 0.4) is 0 Å². The van der Waals surface area contributed by atoms with E-state index in [0.29, 0.717) is 23.0 Å². The van der Waals surface area contributed by atoms with Crippen molar-refractivity contribution in [2.75, 3.05) is 0 Å². The second-order valence-corrected chi connectivity index (χ2v) is 8.79. The molecule has 0 radical (unpaired) electrons. The standard InChI is InChI=1S/C20H34O/c1-6-15(9-7-13-19(2,3)4)16-11-12-17-18(21)10-8-14-20(16,17)5/h6,16-17H,7-14H2,1-5H3. The zero-order chi connectivity index (χ0) is 15.7. The van der Waals surface area contributed by atoms with Gasteiger partial charge in [-0.2, -0.15) is 0 Å². The van der Waals surface area contributed by atoms with E-state index in [1.54, 1.807) is 5.57 Å². The van der Waals surface area contributed by atoms with E-state index in [1.165, 1.54) is 32.1 Å². The van der Waals surface area contributed by atoms with Gasteiger partial charge in [0.1, 0.15) is 5.78 Å². The van der Waals surface area contributed by atoms with Crippen molar-refractivity contribution >= 4 is 5.78 Å². The third-order valence-electron chi connectivity index (χ3n) is 6.07. The van der Waals surface area contributed by atoms with E-state index in [4.69, 9.17) is 0 Å². The fourth-order valence-electron chi connectivity index (χ4n) is 4.88. The molecule has 0 aromatic carbocycles. The first kappa shape index (κ1) is 16.8. The fraction of sp³-hybridized carbons (Fsp3) is 0.850. The molecule has 1 nitrogen and oxygen atoms in total. The number of Topliss-reactive ketones (excluding diaryl/α,β-unsaturated/α-hetero) is 1. The van der Waals surface area contributed by atoms with Crippen LogP contribution in [0.4, 0.5) is 0 Å². The summed E-state index contributed by atoms with van der Waals surface area (Å²) in [5.41, 5.74) is 2.33. The number of hydrogen-bond donors (Lipinski definition) is 0. The molecule has 3 atom stereocenters. The Morgan fingerprint density at radius 1 is 1.33 bits per heavy atom. The van der Waals surface area contributed by atoms with Gasteiger partial charge < -0.3 is 0 Å². The number of carbonyl (C=O) groups is 1. The first-order valence-electron chi connectivity index (χ1n) is 8.96. The highest BCUT2D eigenvalue weighted by Crippen LogP contribution is 2.57. The van der Waals surface area contributed by atoms with Gasteiger partial charge in [0.15, 0.2) is 0 Å². The molecule has 2 aliphatic rings. The van der Waals surface area contributed by atoms with Crippen molar-refractivity contribution in [3.63, 3.8) is 0 Å². The van der Waals surface area contributed by atoms with Crippen LogP contribution < -0.4 is 0 Å². The SMILES string of the molecule is CC=C(CCCC(C)(C)C)C1CCC2C(=O)CCCC21C. The first-order valence-corrected chi connectivity index (χ1v) is 8.96. The van der Waals surface area contributed by atoms with E-state index in [0.717, 1.165) is 19.3 Å². The number of carbonyl (C=O) groups excluding carboxylic acids is 1. The molecule has 0 aromatic rings. The van der Waals surface area contributed by atoms with Crippen molar-refractivity contribution < 1.29 is 4.79 Å². The summed E-state index contributed by atoms with van der Waals surface area (Å²) in [5.74, 6) is 1.57. The maximum absolute atomic E-state index is 12.3. The Morgan fingerprint density at radius 3 is 2.67 bits per heavy atom. The lowest BCUT2D eigenvalue weighted by molar-refractivity contribution is -0.129. The van der Waals surface area contributed by atoms with Gasteiger partial charge in [0.2, 0.25) is 0 Å². The predicted octanol–water partition coefficient (Wildman–Crippen LogP) is 5.93. The molecule has 0 N–H and O–H groups in total. The lowest BCUT2D eigenvalue weighted by Gasteiger charge is -2.41. The lowest BCUT2D eigenvalue weighted by Crippen LogP contribution is -2.37. The summed E-state index contributed by atoms with van der Waals surface area (Å²) >= 11 is 0. The van der Waals surface area contributed by atoms with Crippen LogP contribution in [0.15, 0.2) is 11.6 Å². The summed E-state index contributed by atoms with van der Waals surface area (Å²) in [6, 6.07) is 0. The third-order valence-corrected chi connectivity index (χ3v) is 6.07. The van der Waals surface area contributed by atoms with Gasteiger partial charge in [0.05, 0.1) is 0 Å². The Morgan fingerprint density at radius 2 is 2.05 bits per heavy atom. The molecular formula is C20H34O. The van der Waals surface area contributed by atoms with Crippen LogP contribution in [0.2, 0.25) is 0 Å². The molecule has 0 spiro atoms. The average Bonchev–Trinajstić information content (AvgIpc) is 2.72. The normalized spacial score (nSPS) is 34.1. The number of fused-ring (bicyclic) bond motifs is 1. The fourth-order valence-corrected chi connectivity index (χ4v) is 4.88. The number of hydrogen-bond acceptors (Lipinski definition) is 1. The van der Waals surface area contributed by atoms with Gasteiger partial charge in [-0.15, -0.1) is 0 Å². The Balaban J connectivity index is 2.04. The van der Waals surface area contributed by atoms with Crippen LogP contribution in [0.5, 0.6) is 0 Å². The minimum Gasteiger partial charge on any atom is -0.299 e. The molecule has 0 amide bonds. The van der Waals surface area contributed by atoms with Crippen molar-refractivity contribution in [1.29, 1.82) is 0 Å². The van der Waals surface area contributed by atoms with Gasteiger partial charge in [0, 0.05) is 12.3 Å². The molecule has 1 heteroatoms. The summed E-state index contributed by atoms with van der Waals surface area (Å²) in [5, 5.41) is 0. The highest BCUT2D eigenvalue weighted by molar-refractivity contribution is 5.83. The summed E-state index contributed by atoms with van der Waals surface area (Å²) in [4.78, 5) is 12.3. The van der Waals surface area contributed by atoms with Crippen molar-refractivity contribution in [3.05, 3.63) is 11.6 Å². The maximum atomic E-state index is 12.3. The summed E-state index contributed by atoms with van der Waals surface area (Å²) in [7, 11) is 0. The van der Waals surface area contributed by atoms with Gasteiger partial charge in [-0.25, -0.2) is 0 Å². The smallest absolute Gasteiger partial charge is 0.136 e. The highest BCUT2D eigenvalue weighted by Gasteiger charge is 2.51. The van der Waals surface area contributed by atoms with Crippen LogP contribution in [-0.4, -0.2) is 5.78 Å². The minimum absolute atomic E-state index is 0.263. The van der Waals surface area contributed by atoms with Crippen molar-refractivity contribution in [2.45, 2.75) is 86.0 Å². The largest absolute Gasteiger partial charge is 0.299 e. The molecule has 0 bridgehead atoms. The number of ketones is 1. The van der Waals surface area contributed by atoms with Crippen molar-refractivity contribution in [2.24, 2.45) is 22.7 Å². The van der Waals surface area contributed by atoms with E-state index >= 15 is 0 Å². The van der Waals surface area contributed by atoms with E-state index in [1.807, 2.05) is 0 Å². The van der Waals surface area contributed by atoms with Gasteiger partial charge >= 0.3 is 0 Å². The summed E-state index contributed by atoms with van der Waals surface area (Å²) in [6.45, 7) is 11.6. The van der Waals surface area contributed by atoms with Crippen LogP contribution in [0.1, 0.15) is 86.0 Å². The van der Waals surface area contributed by atoms with E-state index in [2.05, 4.69) is 40.7 Å². The van der Waals surface area contributed by atoms with Gasteiger partial charge in [-0.05, 0) is 68.6 Å². The molecule has 21 heavy (non-hydrogen) atoms. The Labute approximate surface area is 131 Å². The molecule has 3 unspecified atom stereocenters. The Bertz CT molecular complexity index is 412. The highest BCUT2D eigenvalue weighted by atomic mass is 16.1. The summed E-state index contributed by atoms with van der Waals surface area (Å²) < 4.78 is 0. The molecule has 0 saturated heterocycles. The summed E-state index contributed by atoms with van der Waals surface area (Å²) in [6.07, 6.45) is 11.7.